The second-order valence-electron chi connectivity index (χ2n) is 10.5. The number of aldehydes is 1. The summed E-state index contributed by atoms with van der Waals surface area (Å²) in [6.07, 6.45) is -5.50. The lowest BCUT2D eigenvalue weighted by atomic mass is 9.98. The highest BCUT2D eigenvalue weighted by Crippen LogP contribution is 2.44. The van der Waals surface area contributed by atoms with Crippen LogP contribution in [0.25, 0.3) is 22.5 Å². The molecule has 2 aromatic heterocycles. The summed E-state index contributed by atoms with van der Waals surface area (Å²) in [5.74, 6) is -5.83. The predicted octanol–water partition coefficient (Wildman–Crippen LogP) is 5.87. The minimum atomic E-state index is -5.93. The van der Waals surface area contributed by atoms with Gasteiger partial charge in [0.2, 0.25) is 5.82 Å². The van der Waals surface area contributed by atoms with Gasteiger partial charge in [0.1, 0.15) is 17.2 Å². The van der Waals surface area contributed by atoms with Crippen molar-refractivity contribution in [3.05, 3.63) is 107 Å². The molecule has 0 unspecified atom stereocenters. The number of halogens is 5. The summed E-state index contributed by atoms with van der Waals surface area (Å²) in [4.78, 5) is 33.7. The average molecular weight is 672 g/mol. The average Bonchev–Trinajstić information content (AvgIpc) is 3.69. The molecule has 5 rings (SSSR count). The molecule has 0 atom stereocenters. The first-order valence-corrected chi connectivity index (χ1v) is 14.3. The van der Waals surface area contributed by atoms with Crippen molar-refractivity contribution >= 4 is 12.2 Å². The van der Waals surface area contributed by atoms with Gasteiger partial charge in [-0.3, -0.25) is 20.0 Å². The van der Waals surface area contributed by atoms with E-state index in [0.29, 0.717) is 34.2 Å². The van der Waals surface area contributed by atoms with Gasteiger partial charge in [-0.05, 0) is 46.0 Å². The number of alkyl halides is 5. The van der Waals surface area contributed by atoms with Gasteiger partial charge < -0.3 is 4.57 Å². The van der Waals surface area contributed by atoms with E-state index in [-0.39, 0.29) is 43.1 Å². The van der Waals surface area contributed by atoms with Crippen LogP contribution in [0.2, 0.25) is 0 Å². The van der Waals surface area contributed by atoms with Gasteiger partial charge in [0, 0.05) is 24.1 Å². The van der Waals surface area contributed by atoms with Gasteiger partial charge in [0.15, 0.2) is 6.29 Å². The maximum absolute atomic E-state index is 14.3. The van der Waals surface area contributed by atoms with Crippen LogP contribution in [-0.2, 0) is 30.3 Å². The van der Waals surface area contributed by atoms with E-state index in [1.54, 1.807) is 67.6 Å². The van der Waals surface area contributed by atoms with Gasteiger partial charge in [-0.1, -0.05) is 72.4 Å². The first-order valence-electron chi connectivity index (χ1n) is 14.3. The molecule has 0 aliphatic rings. The number of carbonyl (C=O) groups excluding carboxylic acids is 2. The second-order valence-corrected chi connectivity index (χ2v) is 10.5. The van der Waals surface area contributed by atoms with Gasteiger partial charge in [0.05, 0.1) is 12.0 Å². The summed E-state index contributed by atoms with van der Waals surface area (Å²) in [6, 6.07) is 19.7. The number of tetrazole rings is 1. The number of carbonyl (C=O) groups is 2. The SMILES string of the molecule is CCCc1nc(C(F)(F)C(F)(F)F)c(C=O)n1Cc1ccc(-c2ccccc2-c2nnn(C(=O)c3ccc(CON(O)O)cc3)n2)cc1. The lowest BCUT2D eigenvalue weighted by Crippen LogP contribution is -2.35. The summed E-state index contributed by atoms with van der Waals surface area (Å²) >= 11 is 0. The van der Waals surface area contributed by atoms with Crippen molar-refractivity contribution in [2.24, 2.45) is 0 Å². The Kier molecular flexibility index (Phi) is 9.85. The van der Waals surface area contributed by atoms with Crippen LogP contribution in [0.5, 0.6) is 0 Å². The summed E-state index contributed by atoms with van der Waals surface area (Å²) < 4.78 is 69.1. The van der Waals surface area contributed by atoms with E-state index < -0.39 is 34.8 Å². The van der Waals surface area contributed by atoms with Crippen LogP contribution in [0.15, 0.2) is 72.8 Å². The maximum Gasteiger partial charge on any atom is 0.459 e. The van der Waals surface area contributed by atoms with E-state index in [1.165, 1.54) is 12.1 Å². The zero-order valence-electron chi connectivity index (χ0n) is 25.0. The van der Waals surface area contributed by atoms with Crippen LogP contribution >= 0.6 is 0 Å². The molecule has 0 aliphatic carbocycles. The van der Waals surface area contributed by atoms with Crippen molar-refractivity contribution in [2.45, 2.75) is 45.0 Å². The Bertz CT molecular complexity index is 1910. The molecule has 0 amide bonds. The van der Waals surface area contributed by atoms with Gasteiger partial charge in [0.25, 0.3) is 5.91 Å². The molecule has 0 bridgehead atoms. The number of rotatable bonds is 12. The van der Waals surface area contributed by atoms with Crippen molar-refractivity contribution in [3.63, 3.8) is 0 Å². The van der Waals surface area contributed by atoms with Crippen molar-refractivity contribution in [2.75, 3.05) is 0 Å². The Morgan fingerprint density at radius 2 is 1.58 bits per heavy atom. The lowest BCUT2D eigenvalue weighted by Gasteiger charge is -2.18. The number of nitrogens with zero attached hydrogens (tertiary/aromatic N) is 7. The Balaban J connectivity index is 1.39. The van der Waals surface area contributed by atoms with E-state index in [4.69, 9.17) is 10.4 Å². The fraction of sp³-hybridized carbons (Fsp3) is 0.226. The van der Waals surface area contributed by atoms with E-state index >= 15 is 0 Å². The molecule has 0 spiro atoms. The molecule has 0 radical (unpaired) electrons. The fourth-order valence-corrected chi connectivity index (χ4v) is 4.89. The third kappa shape index (κ3) is 7.03. The van der Waals surface area contributed by atoms with Crippen molar-refractivity contribution < 1.29 is 46.8 Å². The molecule has 48 heavy (non-hydrogen) atoms. The first-order chi connectivity index (χ1) is 22.8. The highest BCUT2D eigenvalue weighted by atomic mass is 19.4. The summed E-state index contributed by atoms with van der Waals surface area (Å²) in [5.41, 5.74) is 0.657. The second kappa shape index (κ2) is 13.9. The van der Waals surface area contributed by atoms with E-state index in [2.05, 4.69) is 25.2 Å². The van der Waals surface area contributed by atoms with Crippen LogP contribution in [-0.4, -0.2) is 63.9 Å². The predicted molar refractivity (Wildman–Crippen MR) is 156 cm³/mol. The fourth-order valence-electron chi connectivity index (χ4n) is 4.89. The van der Waals surface area contributed by atoms with Crippen LogP contribution in [0.1, 0.15) is 56.8 Å². The topological polar surface area (TPSA) is 148 Å². The standard InChI is InChI=1S/C31H26F5N7O5/c1-2-5-26-37-27(30(32,33)31(34,35)36)25(17-44)41(26)16-19-8-12-21(13-9-19)23-6-3-4-7-24(23)28-38-40-42(39-28)29(45)22-14-10-20(11-15-22)18-48-43(46)47/h3-4,6-15,17,46-47H,2,5,16,18H2,1H3. The Hall–Kier alpha value is -5.23. The number of aromatic nitrogens is 6. The molecule has 5 aromatic rings. The quantitative estimate of drug-likeness (QED) is 0.0937. The molecule has 3 aromatic carbocycles. The van der Waals surface area contributed by atoms with Crippen molar-refractivity contribution in [1.82, 2.24) is 35.1 Å². The molecule has 17 heteroatoms. The number of imidazole rings is 1. The summed E-state index contributed by atoms with van der Waals surface area (Å²) in [7, 11) is 0. The molecule has 0 fully saturated rings. The number of hydrogen-bond acceptors (Lipinski definition) is 10. The zero-order valence-corrected chi connectivity index (χ0v) is 25.0. The summed E-state index contributed by atoms with van der Waals surface area (Å²) in [6.45, 7) is 1.37. The monoisotopic (exact) mass is 671 g/mol. The van der Waals surface area contributed by atoms with E-state index in [1.807, 2.05) is 0 Å². The zero-order chi connectivity index (χ0) is 34.6. The minimum Gasteiger partial charge on any atom is -0.321 e. The molecule has 250 valence electrons. The Morgan fingerprint density at radius 1 is 0.938 bits per heavy atom. The number of benzene rings is 3. The molecular weight excluding hydrogens is 645 g/mol. The van der Waals surface area contributed by atoms with Gasteiger partial charge in [-0.2, -0.15) is 22.0 Å². The van der Waals surface area contributed by atoms with Gasteiger partial charge in [-0.25, -0.2) is 9.82 Å². The van der Waals surface area contributed by atoms with Crippen LogP contribution < -0.4 is 0 Å². The number of aryl methyl sites for hydroxylation is 1. The van der Waals surface area contributed by atoms with E-state index in [9.17, 15) is 31.5 Å². The lowest BCUT2D eigenvalue weighted by molar-refractivity contribution is -0.497. The summed E-state index contributed by atoms with van der Waals surface area (Å²) in [5, 5.41) is 29.1. The van der Waals surface area contributed by atoms with Crippen LogP contribution in [0.4, 0.5) is 22.0 Å². The van der Waals surface area contributed by atoms with Gasteiger partial charge >= 0.3 is 12.1 Å². The molecule has 0 saturated carbocycles. The number of hydrogen-bond donors (Lipinski definition) is 2. The molecular formula is C31H26F5N7O5. The van der Waals surface area contributed by atoms with Crippen LogP contribution in [0, 0.1) is 0 Å². The minimum absolute atomic E-state index is 0.0372. The first kappa shape index (κ1) is 34.1. The molecule has 0 aliphatic heterocycles. The smallest absolute Gasteiger partial charge is 0.321 e. The third-order valence-corrected chi connectivity index (χ3v) is 7.24. The maximum atomic E-state index is 14.3. The normalized spacial score (nSPS) is 12.1. The van der Waals surface area contributed by atoms with Gasteiger partial charge in [-0.15, -0.1) is 10.2 Å². The largest absolute Gasteiger partial charge is 0.459 e. The van der Waals surface area contributed by atoms with Crippen molar-refractivity contribution in [3.8, 4) is 22.5 Å². The highest BCUT2D eigenvalue weighted by molar-refractivity contribution is 5.95. The molecule has 0 saturated heterocycles. The molecule has 2 N–H and O–H groups in total. The molecule has 12 nitrogen and oxygen atoms in total. The van der Waals surface area contributed by atoms with E-state index in [0.717, 1.165) is 9.36 Å². The van der Waals surface area contributed by atoms with Crippen LogP contribution in [0.3, 0.4) is 0 Å². The molecule has 2 heterocycles. The Morgan fingerprint density at radius 3 is 2.19 bits per heavy atom. The Labute approximate surface area is 268 Å². The van der Waals surface area contributed by atoms with Crippen molar-refractivity contribution in [1.29, 1.82) is 0 Å². The third-order valence-electron chi connectivity index (χ3n) is 7.24. The highest BCUT2D eigenvalue weighted by Gasteiger charge is 2.61.